The van der Waals surface area contributed by atoms with Gasteiger partial charge in [-0.1, -0.05) is 18.3 Å². The summed E-state index contributed by atoms with van der Waals surface area (Å²) in [6.45, 7) is 4.60. The summed E-state index contributed by atoms with van der Waals surface area (Å²) in [5, 5.41) is 1.15. The maximum absolute atomic E-state index is 5.78. The summed E-state index contributed by atoms with van der Waals surface area (Å²) in [4.78, 5) is 7.09. The van der Waals surface area contributed by atoms with Crippen LogP contribution in [0.5, 0.6) is 0 Å². The molecule has 1 aliphatic heterocycles. The highest BCUT2D eigenvalue weighted by atomic mass is 32.1. The molecule has 2 heterocycles. The molecule has 0 atom stereocenters. The molecule has 3 rings (SSSR count). The number of fused-ring (bicyclic) bond motifs is 1. The Kier molecular flexibility index (Phi) is 2.67. The van der Waals surface area contributed by atoms with E-state index < -0.39 is 0 Å². The van der Waals surface area contributed by atoms with Crippen LogP contribution in [0.2, 0.25) is 0 Å². The lowest BCUT2D eigenvalue weighted by atomic mass is 10.00. The number of hydrogen-bond acceptors (Lipinski definition) is 4. The third-order valence-corrected chi connectivity index (χ3v) is 4.55. The summed E-state index contributed by atoms with van der Waals surface area (Å²) >= 11 is 1.77. The Morgan fingerprint density at radius 3 is 2.88 bits per heavy atom. The SMILES string of the molecule is CC1CCN(c2nc3cc(N)ccc3s2)CC1. The van der Waals surface area contributed by atoms with Crippen LogP contribution in [0.1, 0.15) is 19.8 Å². The molecular formula is C13H17N3S. The van der Waals surface area contributed by atoms with Gasteiger partial charge in [-0.05, 0) is 37.0 Å². The monoisotopic (exact) mass is 247 g/mol. The molecule has 0 amide bonds. The first kappa shape index (κ1) is 10.8. The van der Waals surface area contributed by atoms with Crippen LogP contribution < -0.4 is 10.6 Å². The van der Waals surface area contributed by atoms with Gasteiger partial charge in [0.2, 0.25) is 0 Å². The fourth-order valence-corrected chi connectivity index (χ4v) is 3.27. The van der Waals surface area contributed by atoms with Crippen LogP contribution in [0.15, 0.2) is 18.2 Å². The van der Waals surface area contributed by atoms with Crippen LogP contribution in [0.3, 0.4) is 0 Å². The first-order valence-electron chi connectivity index (χ1n) is 6.13. The van der Waals surface area contributed by atoms with Gasteiger partial charge in [0, 0.05) is 18.8 Å². The highest BCUT2D eigenvalue weighted by molar-refractivity contribution is 7.22. The molecule has 90 valence electrons. The first-order chi connectivity index (χ1) is 8.22. The third kappa shape index (κ3) is 2.09. The van der Waals surface area contributed by atoms with Crippen molar-refractivity contribution in [2.75, 3.05) is 23.7 Å². The summed E-state index contributed by atoms with van der Waals surface area (Å²) in [5.41, 5.74) is 7.61. The highest BCUT2D eigenvalue weighted by Gasteiger charge is 2.18. The van der Waals surface area contributed by atoms with E-state index >= 15 is 0 Å². The fourth-order valence-electron chi connectivity index (χ4n) is 2.27. The van der Waals surface area contributed by atoms with Gasteiger partial charge in [-0.3, -0.25) is 0 Å². The van der Waals surface area contributed by atoms with Crippen molar-refractivity contribution in [1.82, 2.24) is 4.98 Å². The van der Waals surface area contributed by atoms with E-state index in [4.69, 9.17) is 5.73 Å². The zero-order valence-corrected chi connectivity index (χ0v) is 10.8. The van der Waals surface area contributed by atoms with Crippen LogP contribution in [0, 0.1) is 5.92 Å². The molecule has 2 aromatic rings. The van der Waals surface area contributed by atoms with Gasteiger partial charge in [0.15, 0.2) is 5.13 Å². The molecule has 1 fully saturated rings. The van der Waals surface area contributed by atoms with E-state index in [0.29, 0.717) is 0 Å². The van der Waals surface area contributed by atoms with E-state index in [1.54, 1.807) is 11.3 Å². The van der Waals surface area contributed by atoms with E-state index in [1.807, 2.05) is 12.1 Å². The molecule has 1 saturated heterocycles. The number of thiazole rings is 1. The Labute approximate surface area is 105 Å². The molecule has 0 unspecified atom stereocenters. The van der Waals surface area contributed by atoms with Crippen LogP contribution in [-0.4, -0.2) is 18.1 Å². The topological polar surface area (TPSA) is 42.2 Å². The number of hydrogen-bond donors (Lipinski definition) is 1. The lowest BCUT2D eigenvalue weighted by Crippen LogP contribution is -2.32. The number of rotatable bonds is 1. The summed E-state index contributed by atoms with van der Waals surface area (Å²) in [5.74, 6) is 0.858. The predicted octanol–water partition coefficient (Wildman–Crippen LogP) is 3.11. The van der Waals surface area contributed by atoms with Gasteiger partial charge in [0.25, 0.3) is 0 Å². The number of nitrogens with two attached hydrogens (primary N) is 1. The number of piperidine rings is 1. The van der Waals surface area contributed by atoms with E-state index in [-0.39, 0.29) is 0 Å². The van der Waals surface area contributed by atoms with Gasteiger partial charge in [-0.25, -0.2) is 4.98 Å². The Bertz CT molecular complexity index is 526. The minimum atomic E-state index is 0.793. The molecule has 1 aromatic heterocycles. The van der Waals surface area contributed by atoms with Crippen LogP contribution >= 0.6 is 11.3 Å². The smallest absolute Gasteiger partial charge is 0.186 e. The molecule has 1 aliphatic rings. The Morgan fingerprint density at radius 2 is 2.12 bits per heavy atom. The molecule has 1 aromatic carbocycles. The molecule has 0 saturated carbocycles. The molecule has 0 bridgehead atoms. The van der Waals surface area contributed by atoms with Crippen molar-refractivity contribution in [2.45, 2.75) is 19.8 Å². The van der Waals surface area contributed by atoms with Crippen molar-refractivity contribution in [3.63, 3.8) is 0 Å². The van der Waals surface area contributed by atoms with E-state index in [0.717, 1.165) is 35.3 Å². The minimum absolute atomic E-state index is 0.793. The van der Waals surface area contributed by atoms with Gasteiger partial charge in [0.05, 0.1) is 10.2 Å². The second-order valence-corrected chi connectivity index (χ2v) is 5.90. The molecule has 0 radical (unpaired) electrons. The summed E-state index contributed by atoms with van der Waals surface area (Å²) in [7, 11) is 0. The molecule has 2 N–H and O–H groups in total. The van der Waals surface area contributed by atoms with Gasteiger partial charge in [0.1, 0.15) is 0 Å². The molecule has 4 heteroatoms. The molecule has 0 aliphatic carbocycles. The maximum Gasteiger partial charge on any atom is 0.186 e. The second-order valence-electron chi connectivity index (χ2n) is 4.89. The second kappa shape index (κ2) is 4.18. The lowest BCUT2D eigenvalue weighted by Gasteiger charge is -2.29. The third-order valence-electron chi connectivity index (χ3n) is 3.45. The van der Waals surface area contributed by atoms with Crippen LogP contribution in [0.4, 0.5) is 10.8 Å². The number of benzene rings is 1. The van der Waals surface area contributed by atoms with E-state index in [9.17, 15) is 0 Å². The van der Waals surface area contributed by atoms with Crippen molar-refractivity contribution in [3.05, 3.63) is 18.2 Å². The van der Waals surface area contributed by atoms with E-state index in [1.165, 1.54) is 17.5 Å². The predicted molar refractivity (Wildman–Crippen MR) is 74.6 cm³/mol. The Balaban J connectivity index is 1.90. The zero-order valence-electron chi connectivity index (χ0n) is 10.0. The summed E-state index contributed by atoms with van der Waals surface area (Å²) < 4.78 is 1.23. The maximum atomic E-state index is 5.78. The zero-order chi connectivity index (χ0) is 11.8. The van der Waals surface area contributed by atoms with Crippen LogP contribution in [-0.2, 0) is 0 Å². The quantitative estimate of drug-likeness (QED) is 0.787. The molecule has 0 spiro atoms. The van der Waals surface area contributed by atoms with Crippen molar-refractivity contribution >= 4 is 32.4 Å². The number of anilines is 2. The van der Waals surface area contributed by atoms with Gasteiger partial charge in [-0.15, -0.1) is 0 Å². The number of nitrogen functional groups attached to an aromatic ring is 1. The van der Waals surface area contributed by atoms with Crippen molar-refractivity contribution in [1.29, 1.82) is 0 Å². The van der Waals surface area contributed by atoms with Crippen LogP contribution in [0.25, 0.3) is 10.2 Å². The Morgan fingerprint density at radius 1 is 1.35 bits per heavy atom. The number of aromatic nitrogens is 1. The molecule has 17 heavy (non-hydrogen) atoms. The molecular weight excluding hydrogens is 230 g/mol. The number of nitrogens with zero attached hydrogens (tertiary/aromatic N) is 2. The summed E-state index contributed by atoms with van der Waals surface area (Å²) in [6.07, 6.45) is 2.55. The minimum Gasteiger partial charge on any atom is -0.399 e. The average molecular weight is 247 g/mol. The van der Waals surface area contributed by atoms with Gasteiger partial charge < -0.3 is 10.6 Å². The highest BCUT2D eigenvalue weighted by Crippen LogP contribution is 2.32. The van der Waals surface area contributed by atoms with E-state index in [2.05, 4.69) is 22.9 Å². The standard InChI is InChI=1S/C13H17N3S/c1-9-4-6-16(7-5-9)13-15-11-8-10(14)2-3-12(11)17-13/h2-3,8-9H,4-7,14H2,1H3. The van der Waals surface area contributed by atoms with Gasteiger partial charge >= 0.3 is 0 Å². The largest absolute Gasteiger partial charge is 0.399 e. The lowest BCUT2D eigenvalue weighted by molar-refractivity contribution is 0.438. The average Bonchev–Trinajstić information content (AvgIpc) is 2.72. The summed E-state index contributed by atoms with van der Waals surface area (Å²) in [6, 6.07) is 5.98. The fraction of sp³-hybridized carbons (Fsp3) is 0.462. The van der Waals surface area contributed by atoms with Crippen molar-refractivity contribution < 1.29 is 0 Å². The van der Waals surface area contributed by atoms with Crippen molar-refractivity contribution in [3.8, 4) is 0 Å². The molecule has 3 nitrogen and oxygen atoms in total. The normalized spacial score (nSPS) is 17.8. The van der Waals surface area contributed by atoms with Crippen molar-refractivity contribution in [2.24, 2.45) is 5.92 Å². The Hall–Kier alpha value is -1.29. The van der Waals surface area contributed by atoms with Gasteiger partial charge in [-0.2, -0.15) is 0 Å². The first-order valence-corrected chi connectivity index (χ1v) is 6.95.